The van der Waals surface area contributed by atoms with Crippen LogP contribution in [-0.2, 0) is 4.79 Å². The second-order valence-electron chi connectivity index (χ2n) is 5.52. The Balaban J connectivity index is 1.90. The van der Waals surface area contributed by atoms with Gasteiger partial charge in [-0.15, -0.1) is 0 Å². The van der Waals surface area contributed by atoms with Gasteiger partial charge in [-0.05, 0) is 36.8 Å². The molecule has 0 unspecified atom stereocenters. The predicted octanol–water partition coefficient (Wildman–Crippen LogP) is 4.30. The van der Waals surface area contributed by atoms with Crippen molar-refractivity contribution in [2.24, 2.45) is 0 Å². The summed E-state index contributed by atoms with van der Waals surface area (Å²) in [5, 5.41) is 12.9. The number of methoxy groups -OCH3 is 1. The molecule has 0 fully saturated rings. The molecule has 1 amide bonds. The smallest absolute Gasteiger partial charge is 0.266 e. The Morgan fingerprint density at radius 1 is 1.24 bits per heavy atom. The number of benzene rings is 2. The molecule has 1 N–H and O–H groups in total. The molecule has 0 spiro atoms. The molecule has 25 heavy (non-hydrogen) atoms. The highest BCUT2D eigenvalue weighted by atomic mass is 16.5. The lowest BCUT2D eigenvalue weighted by molar-refractivity contribution is -0.112. The third-order valence-corrected chi connectivity index (χ3v) is 3.67. The molecule has 3 rings (SSSR count). The minimum Gasteiger partial charge on any atom is -0.493 e. The van der Waals surface area contributed by atoms with Gasteiger partial charge < -0.3 is 14.5 Å². The van der Waals surface area contributed by atoms with Gasteiger partial charge in [0.1, 0.15) is 17.4 Å². The Kier molecular flexibility index (Phi) is 4.53. The fourth-order valence-corrected chi connectivity index (χ4v) is 2.50. The van der Waals surface area contributed by atoms with Crippen molar-refractivity contribution in [1.82, 2.24) is 0 Å². The number of para-hydroxylation sites is 1. The van der Waals surface area contributed by atoms with E-state index in [9.17, 15) is 10.1 Å². The third-order valence-electron chi connectivity index (χ3n) is 3.67. The van der Waals surface area contributed by atoms with Gasteiger partial charge in [-0.3, -0.25) is 4.79 Å². The van der Waals surface area contributed by atoms with Gasteiger partial charge in [0.2, 0.25) is 0 Å². The molecule has 5 heteroatoms. The fraction of sp³-hybridized carbons (Fsp3) is 0.100. The topological polar surface area (TPSA) is 75.3 Å². The van der Waals surface area contributed by atoms with E-state index in [1.807, 2.05) is 43.3 Å². The molecule has 1 heterocycles. The zero-order valence-electron chi connectivity index (χ0n) is 13.9. The minimum atomic E-state index is -0.486. The van der Waals surface area contributed by atoms with Crippen LogP contribution in [0.3, 0.4) is 0 Å². The summed E-state index contributed by atoms with van der Waals surface area (Å²) in [6, 6.07) is 16.6. The van der Waals surface area contributed by atoms with Gasteiger partial charge in [0.15, 0.2) is 11.3 Å². The van der Waals surface area contributed by atoms with E-state index >= 15 is 0 Å². The van der Waals surface area contributed by atoms with Crippen LogP contribution in [0.25, 0.3) is 17.0 Å². The monoisotopic (exact) mass is 332 g/mol. The second kappa shape index (κ2) is 6.93. The standard InChI is InChI=1S/C20H16N2O3/c1-13-5-3-7-16(9-13)22-20(23)15(12-21)11-17-10-14-6-4-8-18(24-2)19(14)25-17/h3-11H,1-2H3,(H,22,23)/b15-11+. The Bertz CT molecular complexity index is 1010. The number of nitriles is 1. The summed E-state index contributed by atoms with van der Waals surface area (Å²) in [6.45, 7) is 1.93. The third kappa shape index (κ3) is 3.54. The zero-order valence-corrected chi connectivity index (χ0v) is 13.9. The lowest BCUT2D eigenvalue weighted by Crippen LogP contribution is -2.13. The summed E-state index contributed by atoms with van der Waals surface area (Å²) in [4.78, 5) is 12.3. The number of nitrogens with zero attached hydrogens (tertiary/aromatic N) is 1. The van der Waals surface area contributed by atoms with E-state index in [1.54, 1.807) is 25.3 Å². The first kappa shape index (κ1) is 16.3. The average molecular weight is 332 g/mol. The van der Waals surface area contributed by atoms with Gasteiger partial charge in [0.25, 0.3) is 5.91 Å². The van der Waals surface area contributed by atoms with Gasteiger partial charge in [0, 0.05) is 17.1 Å². The van der Waals surface area contributed by atoms with Gasteiger partial charge in [-0.1, -0.05) is 24.3 Å². The molecule has 0 aliphatic heterocycles. The molecule has 124 valence electrons. The van der Waals surface area contributed by atoms with E-state index in [-0.39, 0.29) is 5.57 Å². The van der Waals surface area contributed by atoms with Crippen LogP contribution in [0.5, 0.6) is 5.75 Å². The highest BCUT2D eigenvalue weighted by molar-refractivity contribution is 6.09. The molecular weight excluding hydrogens is 316 g/mol. The molecular formula is C20H16N2O3. The first-order chi connectivity index (χ1) is 12.1. The van der Waals surface area contributed by atoms with Crippen molar-refractivity contribution in [3.63, 3.8) is 0 Å². The van der Waals surface area contributed by atoms with Crippen molar-refractivity contribution in [2.75, 3.05) is 12.4 Å². The first-order valence-corrected chi connectivity index (χ1v) is 7.67. The summed E-state index contributed by atoms with van der Waals surface area (Å²) in [5.41, 5.74) is 2.19. The van der Waals surface area contributed by atoms with E-state index < -0.39 is 5.91 Å². The molecule has 0 saturated carbocycles. The number of hydrogen-bond donors (Lipinski definition) is 1. The summed E-state index contributed by atoms with van der Waals surface area (Å²) in [6.07, 6.45) is 1.42. The summed E-state index contributed by atoms with van der Waals surface area (Å²) >= 11 is 0. The fourth-order valence-electron chi connectivity index (χ4n) is 2.50. The number of furan rings is 1. The number of ether oxygens (including phenoxy) is 1. The van der Waals surface area contributed by atoms with Crippen LogP contribution in [-0.4, -0.2) is 13.0 Å². The predicted molar refractivity (Wildman–Crippen MR) is 96.2 cm³/mol. The van der Waals surface area contributed by atoms with E-state index in [2.05, 4.69) is 5.32 Å². The van der Waals surface area contributed by atoms with Crippen LogP contribution in [0, 0.1) is 18.3 Å². The van der Waals surface area contributed by atoms with Crippen LogP contribution in [0.1, 0.15) is 11.3 Å². The molecule has 5 nitrogen and oxygen atoms in total. The number of amides is 1. The Morgan fingerprint density at radius 2 is 2.04 bits per heavy atom. The van der Waals surface area contributed by atoms with Crippen molar-refractivity contribution in [2.45, 2.75) is 6.92 Å². The maximum absolute atomic E-state index is 12.3. The molecule has 0 bridgehead atoms. The average Bonchev–Trinajstić information content (AvgIpc) is 3.02. The molecule has 0 saturated heterocycles. The largest absolute Gasteiger partial charge is 0.493 e. The number of anilines is 1. The number of fused-ring (bicyclic) bond motifs is 1. The molecule has 0 radical (unpaired) electrons. The summed E-state index contributed by atoms with van der Waals surface area (Å²) in [7, 11) is 1.56. The van der Waals surface area contributed by atoms with Crippen LogP contribution in [0.15, 0.2) is 58.5 Å². The van der Waals surface area contributed by atoms with Crippen molar-refractivity contribution in [3.05, 3.63) is 65.4 Å². The van der Waals surface area contributed by atoms with Gasteiger partial charge in [-0.2, -0.15) is 5.26 Å². The van der Waals surface area contributed by atoms with Crippen LogP contribution < -0.4 is 10.1 Å². The van der Waals surface area contributed by atoms with Gasteiger partial charge in [0.05, 0.1) is 7.11 Å². The molecule has 3 aromatic rings. The lowest BCUT2D eigenvalue weighted by Gasteiger charge is -2.04. The highest BCUT2D eigenvalue weighted by Gasteiger charge is 2.13. The highest BCUT2D eigenvalue weighted by Crippen LogP contribution is 2.29. The van der Waals surface area contributed by atoms with Crippen molar-refractivity contribution < 1.29 is 13.9 Å². The molecule has 0 aliphatic carbocycles. The van der Waals surface area contributed by atoms with Crippen LogP contribution in [0.2, 0.25) is 0 Å². The molecule has 1 aromatic heterocycles. The maximum Gasteiger partial charge on any atom is 0.266 e. The van der Waals surface area contributed by atoms with Gasteiger partial charge >= 0.3 is 0 Å². The van der Waals surface area contributed by atoms with Crippen molar-refractivity contribution in [1.29, 1.82) is 5.26 Å². The number of rotatable bonds is 4. The Morgan fingerprint density at radius 3 is 2.76 bits per heavy atom. The SMILES string of the molecule is COc1cccc2cc(/C=C(\C#N)C(=O)Nc3cccc(C)c3)oc12. The normalized spacial score (nSPS) is 11.2. The summed E-state index contributed by atoms with van der Waals surface area (Å²) < 4.78 is 11.0. The molecule has 0 aliphatic rings. The number of nitrogens with one attached hydrogen (secondary N) is 1. The van der Waals surface area contributed by atoms with Crippen molar-refractivity contribution >= 4 is 28.6 Å². The van der Waals surface area contributed by atoms with E-state index in [1.165, 1.54) is 6.08 Å². The quantitative estimate of drug-likeness (QED) is 0.571. The maximum atomic E-state index is 12.3. The molecule has 0 atom stereocenters. The first-order valence-electron chi connectivity index (χ1n) is 7.67. The number of aryl methyl sites for hydroxylation is 1. The Hall–Kier alpha value is -3.52. The number of carbonyl (C=O) groups excluding carboxylic acids is 1. The van der Waals surface area contributed by atoms with Crippen LogP contribution >= 0.6 is 0 Å². The number of hydrogen-bond acceptors (Lipinski definition) is 4. The number of carbonyl (C=O) groups is 1. The van der Waals surface area contributed by atoms with E-state index in [0.717, 1.165) is 10.9 Å². The molecule has 2 aromatic carbocycles. The second-order valence-corrected chi connectivity index (χ2v) is 5.52. The van der Waals surface area contributed by atoms with Crippen LogP contribution in [0.4, 0.5) is 5.69 Å². The van der Waals surface area contributed by atoms with Crippen molar-refractivity contribution in [3.8, 4) is 11.8 Å². The zero-order chi connectivity index (χ0) is 17.8. The van der Waals surface area contributed by atoms with E-state index in [4.69, 9.17) is 9.15 Å². The summed E-state index contributed by atoms with van der Waals surface area (Å²) in [5.74, 6) is 0.524. The minimum absolute atomic E-state index is 0.0421. The Labute approximate surface area is 145 Å². The van der Waals surface area contributed by atoms with E-state index in [0.29, 0.717) is 22.8 Å². The lowest BCUT2D eigenvalue weighted by atomic mass is 10.2. The van der Waals surface area contributed by atoms with Gasteiger partial charge in [-0.25, -0.2) is 0 Å².